The van der Waals surface area contributed by atoms with Gasteiger partial charge in [-0.05, 0) is 49.2 Å². The summed E-state index contributed by atoms with van der Waals surface area (Å²) >= 11 is 6.64. The van der Waals surface area contributed by atoms with Crippen molar-refractivity contribution in [3.8, 4) is 17.2 Å². The second kappa shape index (κ2) is 13.1. The molecule has 1 saturated heterocycles. The lowest BCUT2D eigenvalue weighted by molar-refractivity contribution is -0.122. The summed E-state index contributed by atoms with van der Waals surface area (Å²) in [6, 6.07) is 12.4. The van der Waals surface area contributed by atoms with Crippen molar-refractivity contribution in [2.75, 3.05) is 45.9 Å². The number of carbonyl (C=O) groups is 2. The third-order valence-corrected chi connectivity index (χ3v) is 6.26. The molecule has 186 valence electrons. The molecule has 0 atom stereocenters. The molecule has 0 radical (unpaired) electrons. The Morgan fingerprint density at radius 3 is 2.71 bits per heavy atom. The topological polar surface area (TPSA) is 86.3 Å². The quantitative estimate of drug-likeness (QED) is 0.253. The normalized spacial score (nSPS) is 14.4. The summed E-state index contributed by atoms with van der Waals surface area (Å²) in [6.45, 7) is 3.16. The van der Waals surface area contributed by atoms with Crippen molar-refractivity contribution >= 4 is 51.9 Å². The van der Waals surface area contributed by atoms with Crippen molar-refractivity contribution in [1.29, 1.82) is 0 Å². The first-order valence-corrected chi connectivity index (χ1v) is 12.3. The van der Waals surface area contributed by atoms with E-state index in [1.165, 1.54) is 11.8 Å². The van der Waals surface area contributed by atoms with Crippen LogP contribution >= 0.6 is 24.0 Å². The number of rotatable bonds is 12. The van der Waals surface area contributed by atoms with Crippen LogP contribution in [0.5, 0.6) is 17.2 Å². The average molecular weight is 517 g/mol. The number of anilines is 1. The van der Waals surface area contributed by atoms with Gasteiger partial charge in [0, 0.05) is 32.0 Å². The lowest BCUT2D eigenvalue weighted by Gasteiger charge is -2.14. The molecule has 0 saturated carbocycles. The van der Waals surface area contributed by atoms with Crippen molar-refractivity contribution in [1.82, 2.24) is 4.90 Å². The largest absolute Gasteiger partial charge is 0.497 e. The van der Waals surface area contributed by atoms with Crippen LogP contribution in [-0.4, -0.2) is 61.6 Å². The predicted molar refractivity (Wildman–Crippen MR) is 141 cm³/mol. The maximum Gasteiger partial charge on any atom is 0.266 e. The van der Waals surface area contributed by atoms with Crippen molar-refractivity contribution in [3.05, 3.63) is 52.9 Å². The number of ether oxygens (including phenoxy) is 4. The van der Waals surface area contributed by atoms with E-state index < -0.39 is 0 Å². The molecule has 1 heterocycles. The maximum absolute atomic E-state index is 12.8. The van der Waals surface area contributed by atoms with Gasteiger partial charge in [0.1, 0.15) is 10.1 Å². The van der Waals surface area contributed by atoms with Crippen LogP contribution in [0.2, 0.25) is 0 Å². The molecule has 2 aromatic rings. The standard InChI is InChI=1S/C25H28N2O6S2/c1-4-32-21-13-17(14-22-24(29)27(25(34)35-22)11-6-12-30-2)9-10-20(21)33-16-23(28)26-18-7-5-8-19(15-18)31-3/h5,7-10,13-15H,4,6,11-12,16H2,1-3H3,(H,26,28)/b22-14-. The van der Waals surface area contributed by atoms with Gasteiger partial charge in [-0.2, -0.15) is 0 Å². The van der Waals surface area contributed by atoms with Gasteiger partial charge in [0.05, 0.1) is 18.6 Å². The van der Waals surface area contributed by atoms with Crippen molar-refractivity contribution < 1.29 is 28.5 Å². The van der Waals surface area contributed by atoms with Gasteiger partial charge in [-0.1, -0.05) is 36.1 Å². The minimum atomic E-state index is -0.318. The highest BCUT2D eigenvalue weighted by Crippen LogP contribution is 2.35. The number of amides is 2. The van der Waals surface area contributed by atoms with Gasteiger partial charge in [-0.25, -0.2) is 0 Å². The molecule has 10 heteroatoms. The van der Waals surface area contributed by atoms with Gasteiger partial charge < -0.3 is 24.3 Å². The minimum absolute atomic E-state index is 0.122. The number of thioether (sulfide) groups is 1. The summed E-state index contributed by atoms with van der Waals surface area (Å²) in [7, 11) is 3.19. The predicted octanol–water partition coefficient (Wildman–Crippen LogP) is 4.35. The summed E-state index contributed by atoms with van der Waals surface area (Å²) in [5.41, 5.74) is 1.37. The number of nitrogens with zero attached hydrogens (tertiary/aromatic N) is 1. The monoisotopic (exact) mass is 516 g/mol. The van der Waals surface area contributed by atoms with E-state index in [2.05, 4.69) is 5.32 Å². The summed E-state index contributed by atoms with van der Waals surface area (Å²) in [5.74, 6) is 1.11. The van der Waals surface area contributed by atoms with Crippen molar-refractivity contribution in [2.24, 2.45) is 0 Å². The van der Waals surface area contributed by atoms with Gasteiger partial charge in [0.15, 0.2) is 18.1 Å². The van der Waals surface area contributed by atoms with E-state index in [-0.39, 0.29) is 18.4 Å². The van der Waals surface area contributed by atoms with Crippen LogP contribution in [0, 0.1) is 0 Å². The zero-order valence-corrected chi connectivity index (χ0v) is 21.5. The number of hydrogen-bond acceptors (Lipinski definition) is 8. The first-order valence-electron chi connectivity index (χ1n) is 11.0. The Morgan fingerprint density at radius 2 is 1.97 bits per heavy atom. The van der Waals surface area contributed by atoms with E-state index in [1.807, 2.05) is 6.92 Å². The van der Waals surface area contributed by atoms with Crippen LogP contribution in [0.15, 0.2) is 47.4 Å². The first-order chi connectivity index (χ1) is 16.9. The van der Waals surface area contributed by atoms with Crippen LogP contribution in [0.25, 0.3) is 6.08 Å². The smallest absolute Gasteiger partial charge is 0.266 e. The second-order valence-corrected chi connectivity index (χ2v) is 9.06. The number of hydrogen-bond donors (Lipinski definition) is 1. The third kappa shape index (κ3) is 7.45. The fourth-order valence-electron chi connectivity index (χ4n) is 3.25. The lowest BCUT2D eigenvalue weighted by Crippen LogP contribution is -2.29. The van der Waals surface area contributed by atoms with Crippen LogP contribution in [-0.2, 0) is 14.3 Å². The van der Waals surface area contributed by atoms with Crippen LogP contribution in [0.3, 0.4) is 0 Å². The SMILES string of the molecule is CCOc1cc(/C=C2\SC(=S)N(CCCOC)C2=O)ccc1OCC(=O)Nc1cccc(OC)c1. The van der Waals surface area contributed by atoms with Gasteiger partial charge in [0.25, 0.3) is 11.8 Å². The molecule has 3 rings (SSSR count). The zero-order valence-electron chi connectivity index (χ0n) is 19.9. The summed E-state index contributed by atoms with van der Waals surface area (Å²) in [6.07, 6.45) is 2.49. The molecule has 1 fully saturated rings. The second-order valence-electron chi connectivity index (χ2n) is 7.39. The van der Waals surface area contributed by atoms with Gasteiger partial charge in [-0.3, -0.25) is 14.5 Å². The highest BCUT2D eigenvalue weighted by Gasteiger charge is 2.31. The molecule has 2 aromatic carbocycles. The fraction of sp³-hybridized carbons (Fsp3) is 0.320. The van der Waals surface area contributed by atoms with Crippen molar-refractivity contribution in [2.45, 2.75) is 13.3 Å². The molecule has 0 aliphatic carbocycles. The molecular weight excluding hydrogens is 488 g/mol. The molecule has 35 heavy (non-hydrogen) atoms. The van der Waals surface area contributed by atoms with Gasteiger partial charge >= 0.3 is 0 Å². The van der Waals surface area contributed by atoms with Crippen LogP contribution < -0.4 is 19.5 Å². The Morgan fingerprint density at radius 1 is 1.14 bits per heavy atom. The van der Waals surface area contributed by atoms with E-state index >= 15 is 0 Å². The highest BCUT2D eigenvalue weighted by molar-refractivity contribution is 8.26. The summed E-state index contributed by atoms with van der Waals surface area (Å²) in [4.78, 5) is 27.2. The van der Waals surface area contributed by atoms with E-state index in [1.54, 1.807) is 67.7 Å². The third-order valence-electron chi connectivity index (χ3n) is 4.88. The summed E-state index contributed by atoms with van der Waals surface area (Å²) < 4.78 is 22.2. The Bertz CT molecular complexity index is 1110. The molecule has 1 aliphatic rings. The van der Waals surface area contributed by atoms with E-state index in [9.17, 15) is 9.59 Å². The van der Waals surface area contributed by atoms with Crippen LogP contribution in [0.4, 0.5) is 5.69 Å². The van der Waals surface area contributed by atoms with Gasteiger partial charge in [0.2, 0.25) is 0 Å². The van der Waals surface area contributed by atoms with E-state index in [0.717, 1.165) is 5.56 Å². The number of nitrogens with one attached hydrogen (secondary N) is 1. The Kier molecular flexibility index (Phi) is 9.95. The molecular formula is C25H28N2O6S2. The van der Waals surface area contributed by atoms with Gasteiger partial charge in [-0.15, -0.1) is 0 Å². The highest BCUT2D eigenvalue weighted by atomic mass is 32.2. The Hall–Kier alpha value is -3.08. The maximum atomic E-state index is 12.8. The molecule has 0 bridgehead atoms. The molecule has 0 aromatic heterocycles. The van der Waals surface area contributed by atoms with E-state index in [0.29, 0.717) is 58.3 Å². The van der Waals surface area contributed by atoms with E-state index in [4.69, 9.17) is 31.2 Å². The summed E-state index contributed by atoms with van der Waals surface area (Å²) in [5, 5.41) is 2.77. The molecule has 0 spiro atoms. The zero-order chi connectivity index (χ0) is 25.2. The fourth-order valence-corrected chi connectivity index (χ4v) is 4.56. The Balaban J connectivity index is 1.66. The minimum Gasteiger partial charge on any atom is -0.497 e. The van der Waals surface area contributed by atoms with Crippen LogP contribution in [0.1, 0.15) is 18.9 Å². The number of carbonyl (C=O) groups excluding carboxylic acids is 2. The first kappa shape index (κ1) is 26.5. The number of methoxy groups -OCH3 is 2. The molecule has 1 aliphatic heterocycles. The number of benzene rings is 2. The van der Waals surface area contributed by atoms with Crippen molar-refractivity contribution in [3.63, 3.8) is 0 Å². The molecule has 0 unspecified atom stereocenters. The Labute approximate surface area is 214 Å². The molecule has 1 N–H and O–H groups in total. The average Bonchev–Trinajstić information content (AvgIpc) is 3.11. The molecule has 8 nitrogen and oxygen atoms in total. The lowest BCUT2D eigenvalue weighted by atomic mass is 10.2. The molecule has 2 amide bonds. The number of thiocarbonyl (C=S) groups is 1.